The maximum atomic E-state index is 12.8. The van der Waals surface area contributed by atoms with Crippen molar-refractivity contribution in [3.8, 4) is 0 Å². The van der Waals surface area contributed by atoms with Gasteiger partial charge in [-0.15, -0.1) is 0 Å². The van der Waals surface area contributed by atoms with E-state index in [0.717, 1.165) is 30.9 Å². The van der Waals surface area contributed by atoms with Gasteiger partial charge in [-0.1, -0.05) is 19.1 Å². The number of carbonyl (C=O) groups excluding carboxylic acids is 1. The molecule has 7 heteroatoms. The molecular formula is C24H33N5O2. The Balaban J connectivity index is 1.39. The van der Waals surface area contributed by atoms with Gasteiger partial charge < -0.3 is 14.7 Å². The number of hydrogen-bond acceptors (Lipinski definition) is 5. The first-order valence-corrected chi connectivity index (χ1v) is 11.3. The number of rotatable bonds is 5. The van der Waals surface area contributed by atoms with Gasteiger partial charge in [0.1, 0.15) is 0 Å². The predicted octanol–water partition coefficient (Wildman–Crippen LogP) is 2.73. The van der Waals surface area contributed by atoms with Gasteiger partial charge in [0.25, 0.3) is 5.56 Å². The molecule has 166 valence electrons. The Morgan fingerprint density at radius 3 is 2.94 bits per heavy atom. The average molecular weight is 424 g/mol. The van der Waals surface area contributed by atoms with Crippen molar-refractivity contribution in [1.82, 2.24) is 14.9 Å². The Labute approximate surface area is 184 Å². The Morgan fingerprint density at radius 1 is 1.32 bits per heavy atom. The van der Waals surface area contributed by atoms with Gasteiger partial charge in [-0.05, 0) is 43.4 Å². The molecule has 1 amide bonds. The molecule has 31 heavy (non-hydrogen) atoms. The second kappa shape index (κ2) is 9.12. The summed E-state index contributed by atoms with van der Waals surface area (Å²) in [7, 11) is 2.01. The summed E-state index contributed by atoms with van der Waals surface area (Å²) in [5.74, 6) is 1.38. The van der Waals surface area contributed by atoms with Crippen molar-refractivity contribution in [2.24, 2.45) is 5.92 Å². The number of amides is 1. The number of benzene rings is 1. The number of hydrogen-bond donors (Lipinski definition) is 1. The number of anilines is 2. The third-order valence-corrected chi connectivity index (χ3v) is 6.47. The van der Waals surface area contributed by atoms with E-state index in [-0.39, 0.29) is 11.5 Å². The van der Waals surface area contributed by atoms with Gasteiger partial charge in [0, 0.05) is 51.8 Å². The summed E-state index contributed by atoms with van der Waals surface area (Å²) in [4.78, 5) is 39.5. The molecule has 1 atom stereocenters. The number of piperidine rings is 1. The van der Waals surface area contributed by atoms with Gasteiger partial charge in [-0.2, -0.15) is 0 Å². The molecule has 1 N–H and O–H groups in total. The number of fused-ring (bicyclic) bond motifs is 1. The Morgan fingerprint density at radius 2 is 2.16 bits per heavy atom. The van der Waals surface area contributed by atoms with Crippen molar-refractivity contribution in [3.63, 3.8) is 0 Å². The first kappa shape index (κ1) is 21.4. The van der Waals surface area contributed by atoms with Crippen molar-refractivity contribution in [1.29, 1.82) is 0 Å². The van der Waals surface area contributed by atoms with E-state index in [1.165, 1.54) is 12.0 Å². The lowest BCUT2D eigenvalue weighted by Crippen LogP contribution is -2.42. The van der Waals surface area contributed by atoms with Gasteiger partial charge in [0.05, 0.1) is 17.8 Å². The topological polar surface area (TPSA) is 72.5 Å². The zero-order valence-corrected chi connectivity index (χ0v) is 18.9. The van der Waals surface area contributed by atoms with Crippen molar-refractivity contribution in [3.05, 3.63) is 51.4 Å². The van der Waals surface area contributed by atoms with Crippen LogP contribution in [0.1, 0.15) is 43.0 Å². The van der Waals surface area contributed by atoms with Crippen LogP contribution in [0.25, 0.3) is 0 Å². The summed E-state index contributed by atoms with van der Waals surface area (Å²) in [5, 5.41) is 0. The molecule has 1 aromatic carbocycles. The van der Waals surface area contributed by atoms with E-state index in [1.807, 2.05) is 13.1 Å². The van der Waals surface area contributed by atoms with Crippen LogP contribution in [0.15, 0.2) is 29.1 Å². The molecule has 2 aromatic rings. The molecule has 1 unspecified atom stereocenters. The van der Waals surface area contributed by atoms with Gasteiger partial charge in [-0.25, -0.2) is 4.98 Å². The molecule has 1 aromatic heterocycles. The molecule has 0 bridgehead atoms. The molecule has 0 radical (unpaired) electrons. The maximum Gasteiger partial charge on any atom is 0.257 e. The quantitative estimate of drug-likeness (QED) is 0.801. The number of aromatic nitrogens is 2. The fourth-order valence-electron chi connectivity index (χ4n) is 4.57. The van der Waals surface area contributed by atoms with Crippen LogP contribution in [0.4, 0.5) is 11.6 Å². The Hall–Kier alpha value is -2.83. The summed E-state index contributed by atoms with van der Waals surface area (Å²) in [6.45, 7) is 7.78. The summed E-state index contributed by atoms with van der Waals surface area (Å²) < 4.78 is 0. The van der Waals surface area contributed by atoms with Crippen LogP contribution in [-0.2, 0) is 17.8 Å². The largest absolute Gasteiger partial charge is 0.374 e. The lowest BCUT2D eigenvalue weighted by molar-refractivity contribution is -0.131. The van der Waals surface area contributed by atoms with E-state index in [1.54, 1.807) is 4.90 Å². The average Bonchev–Trinajstić information content (AvgIpc) is 2.77. The molecule has 1 fully saturated rings. The highest BCUT2D eigenvalue weighted by atomic mass is 16.2. The van der Waals surface area contributed by atoms with Crippen LogP contribution >= 0.6 is 0 Å². The van der Waals surface area contributed by atoms with E-state index >= 15 is 0 Å². The smallest absolute Gasteiger partial charge is 0.257 e. The number of carbonyl (C=O) groups is 1. The van der Waals surface area contributed by atoms with E-state index in [2.05, 4.69) is 46.8 Å². The number of H-pyrrole nitrogens is 1. The fraction of sp³-hybridized carbons (Fsp3) is 0.542. The van der Waals surface area contributed by atoms with Crippen molar-refractivity contribution in [2.75, 3.05) is 43.0 Å². The monoisotopic (exact) mass is 423 g/mol. The minimum atomic E-state index is -0.104. The van der Waals surface area contributed by atoms with Gasteiger partial charge >= 0.3 is 0 Å². The molecule has 1 saturated heterocycles. The summed E-state index contributed by atoms with van der Waals surface area (Å²) >= 11 is 0. The van der Waals surface area contributed by atoms with E-state index in [4.69, 9.17) is 4.98 Å². The number of aryl methyl sites for hydroxylation is 1. The van der Waals surface area contributed by atoms with Gasteiger partial charge in [-0.3, -0.25) is 14.6 Å². The van der Waals surface area contributed by atoms with E-state index in [0.29, 0.717) is 49.9 Å². The minimum absolute atomic E-state index is 0.0819. The van der Waals surface area contributed by atoms with Crippen molar-refractivity contribution < 1.29 is 4.79 Å². The SMILES string of the molecule is Cc1cccc(N(C)CCC(=O)N2CCc3nc(N4CCCC(C)C4)[nH]c(=O)c3C2)c1. The van der Waals surface area contributed by atoms with Crippen molar-refractivity contribution in [2.45, 2.75) is 46.1 Å². The predicted molar refractivity (Wildman–Crippen MR) is 124 cm³/mol. The summed E-state index contributed by atoms with van der Waals surface area (Å²) in [5.41, 5.74) is 3.69. The number of aromatic amines is 1. The normalized spacial score (nSPS) is 18.6. The highest BCUT2D eigenvalue weighted by Crippen LogP contribution is 2.22. The highest BCUT2D eigenvalue weighted by Gasteiger charge is 2.26. The zero-order chi connectivity index (χ0) is 22.0. The molecule has 4 rings (SSSR count). The second-order valence-corrected chi connectivity index (χ2v) is 9.08. The van der Waals surface area contributed by atoms with Crippen molar-refractivity contribution >= 4 is 17.5 Å². The third kappa shape index (κ3) is 4.92. The summed E-state index contributed by atoms with van der Waals surface area (Å²) in [6.07, 6.45) is 3.41. The second-order valence-electron chi connectivity index (χ2n) is 9.08. The molecule has 2 aliphatic rings. The minimum Gasteiger partial charge on any atom is -0.374 e. The zero-order valence-electron chi connectivity index (χ0n) is 18.9. The molecule has 3 heterocycles. The van der Waals surface area contributed by atoms with E-state index in [9.17, 15) is 9.59 Å². The van der Waals surface area contributed by atoms with Crippen LogP contribution in [-0.4, -0.2) is 54.0 Å². The van der Waals surface area contributed by atoms with Gasteiger partial charge in [0.15, 0.2) is 0 Å². The van der Waals surface area contributed by atoms with Gasteiger partial charge in [0.2, 0.25) is 11.9 Å². The van der Waals surface area contributed by atoms with Crippen LogP contribution in [0.5, 0.6) is 0 Å². The molecule has 7 nitrogen and oxygen atoms in total. The van der Waals surface area contributed by atoms with Crippen LogP contribution < -0.4 is 15.4 Å². The first-order chi connectivity index (χ1) is 14.9. The Bertz CT molecular complexity index is 1000. The maximum absolute atomic E-state index is 12.8. The number of nitrogens with one attached hydrogen (secondary N) is 1. The van der Waals surface area contributed by atoms with Crippen LogP contribution in [0, 0.1) is 12.8 Å². The molecule has 0 spiro atoms. The molecule has 2 aliphatic heterocycles. The Kier molecular flexibility index (Phi) is 6.30. The third-order valence-electron chi connectivity index (χ3n) is 6.47. The van der Waals surface area contributed by atoms with Crippen LogP contribution in [0.3, 0.4) is 0 Å². The lowest BCUT2D eigenvalue weighted by Gasteiger charge is -2.33. The molecule has 0 aliphatic carbocycles. The van der Waals surface area contributed by atoms with E-state index < -0.39 is 0 Å². The van der Waals surface area contributed by atoms with Crippen LogP contribution in [0.2, 0.25) is 0 Å². The highest BCUT2D eigenvalue weighted by molar-refractivity contribution is 5.77. The summed E-state index contributed by atoms with van der Waals surface area (Å²) in [6, 6.07) is 8.27. The molecule has 0 saturated carbocycles. The lowest BCUT2D eigenvalue weighted by atomic mass is 10.0. The standard InChI is InChI=1S/C24H33N5O2/c1-17-6-4-8-19(14-17)27(3)12-10-22(30)28-13-9-21-20(16-28)23(31)26-24(25-21)29-11-5-7-18(2)15-29/h4,6,8,14,18H,5,7,9-13,15-16H2,1-3H3,(H,25,26,31). The number of nitrogens with zero attached hydrogens (tertiary/aromatic N) is 4. The molecular weight excluding hydrogens is 390 g/mol. The first-order valence-electron chi connectivity index (χ1n) is 11.3. The fourth-order valence-corrected chi connectivity index (χ4v) is 4.57.